The van der Waals surface area contributed by atoms with Crippen LogP contribution in [0.1, 0.15) is 67.9 Å². The van der Waals surface area contributed by atoms with Gasteiger partial charge in [0.15, 0.2) is 0 Å². The molecule has 8 nitrogen and oxygen atoms in total. The molecule has 0 N–H and O–H groups in total. The molecule has 0 fully saturated rings. The van der Waals surface area contributed by atoms with E-state index in [1.54, 1.807) is 47.6 Å². The van der Waals surface area contributed by atoms with Gasteiger partial charge < -0.3 is 18.9 Å². The molecule has 1 aromatic carbocycles. The van der Waals surface area contributed by atoms with Gasteiger partial charge in [-0.05, 0) is 86.4 Å². The second-order valence-corrected chi connectivity index (χ2v) is 10.2. The third-order valence-corrected chi connectivity index (χ3v) is 3.50. The lowest BCUT2D eigenvalue weighted by molar-refractivity contribution is -0.0294. The van der Waals surface area contributed by atoms with Crippen molar-refractivity contribution in [2.45, 2.75) is 85.5 Å². The highest BCUT2D eigenvalue weighted by Gasteiger charge is 2.29. The number of fused-ring (bicyclic) bond motifs is 1. The molecule has 0 saturated carbocycles. The van der Waals surface area contributed by atoms with E-state index in [-0.39, 0.29) is 5.82 Å². The van der Waals surface area contributed by atoms with E-state index in [4.69, 9.17) is 14.2 Å². The van der Waals surface area contributed by atoms with E-state index in [9.17, 15) is 18.8 Å². The molecule has 0 spiro atoms. The summed E-state index contributed by atoms with van der Waals surface area (Å²) in [5.74, 6) is -0.334. The quantitative estimate of drug-likeness (QED) is 0.269. The number of hydrogen-bond acceptors (Lipinski definition) is 7. The van der Waals surface area contributed by atoms with Crippen LogP contribution >= 0.6 is 0 Å². The molecule has 0 atom stereocenters. The molecule has 9 heteroatoms. The summed E-state index contributed by atoms with van der Waals surface area (Å²) >= 11 is 0. The standard InChI is InChI=1S/C13H16FNO2.C10H18O5/c1-13(2,3)17-12(16)15-7-6-9-4-5-10(14)8-11(9)15;1-9(2,3)14-7(11)13-8(12)15-10(4,5)6/h4-5,8H,6-7H2,1-3H3;1-6H3. The SMILES string of the molecule is CC(C)(C)OC(=O)N1CCc2ccc(F)cc21.CC(C)(C)OC(=O)OC(=O)OC(C)(C)C. The lowest BCUT2D eigenvalue weighted by Crippen LogP contribution is -2.35. The summed E-state index contributed by atoms with van der Waals surface area (Å²) in [7, 11) is 0. The fraction of sp³-hybridized carbons (Fsp3) is 0.609. The van der Waals surface area contributed by atoms with Gasteiger partial charge in [-0.2, -0.15) is 0 Å². The third-order valence-electron chi connectivity index (χ3n) is 3.50. The molecule has 180 valence electrons. The lowest BCUT2D eigenvalue weighted by Gasteiger charge is -2.24. The van der Waals surface area contributed by atoms with Crippen molar-refractivity contribution in [1.82, 2.24) is 0 Å². The monoisotopic (exact) mass is 455 g/mol. The van der Waals surface area contributed by atoms with Gasteiger partial charge in [0.1, 0.15) is 22.6 Å². The van der Waals surface area contributed by atoms with Gasteiger partial charge in [0.05, 0.1) is 5.69 Å². The zero-order chi connectivity index (χ0) is 24.9. The number of carbonyl (C=O) groups excluding carboxylic acids is 3. The van der Waals surface area contributed by atoms with Crippen molar-refractivity contribution in [2.75, 3.05) is 11.4 Å². The van der Waals surface area contributed by atoms with E-state index in [1.165, 1.54) is 17.0 Å². The van der Waals surface area contributed by atoms with Crippen LogP contribution in [0.5, 0.6) is 0 Å². The summed E-state index contributed by atoms with van der Waals surface area (Å²) in [6.45, 7) is 16.0. The summed E-state index contributed by atoms with van der Waals surface area (Å²) in [6, 6.07) is 4.51. The Morgan fingerprint density at radius 3 is 1.72 bits per heavy atom. The predicted molar refractivity (Wildman–Crippen MR) is 117 cm³/mol. The highest BCUT2D eigenvalue weighted by molar-refractivity contribution is 5.90. The number of nitrogens with zero attached hydrogens (tertiary/aromatic N) is 1. The summed E-state index contributed by atoms with van der Waals surface area (Å²) < 4.78 is 32.2. The number of benzene rings is 1. The largest absolute Gasteiger partial charge is 0.519 e. The first-order valence-electron chi connectivity index (χ1n) is 10.3. The highest BCUT2D eigenvalue weighted by atomic mass is 19.1. The molecule has 0 saturated heterocycles. The minimum Gasteiger partial charge on any atom is -0.443 e. The normalized spacial score (nSPS) is 13.4. The second-order valence-electron chi connectivity index (χ2n) is 10.2. The van der Waals surface area contributed by atoms with Crippen molar-refractivity contribution in [1.29, 1.82) is 0 Å². The van der Waals surface area contributed by atoms with Crippen LogP contribution in [0.25, 0.3) is 0 Å². The van der Waals surface area contributed by atoms with Gasteiger partial charge >= 0.3 is 18.4 Å². The topological polar surface area (TPSA) is 91.4 Å². The Kier molecular flexibility index (Phi) is 8.66. The van der Waals surface area contributed by atoms with Crippen molar-refractivity contribution in [3.05, 3.63) is 29.6 Å². The van der Waals surface area contributed by atoms with Crippen LogP contribution < -0.4 is 4.90 Å². The van der Waals surface area contributed by atoms with Gasteiger partial charge in [-0.25, -0.2) is 18.8 Å². The van der Waals surface area contributed by atoms with E-state index < -0.39 is 35.2 Å². The van der Waals surface area contributed by atoms with E-state index in [1.807, 2.05) is 20.8 Å². The van der Waals surface area contributed by atoms with Crippen LogP contribution in [-0.4, -0.2) is 41.8 Å². The minimum atomic E-state index is -1.06. The van der Waals surface area contributed by atoms with Gasteiger partial charge in [0.2, 0.25) is 0 Å². The van der Waals surface area contributed by atoms with Gasteiger partial charge in [0, 0.05) is 6.54 Å². The van der Waals surface area contributed by atoms with Crippen LogP contribution in [0.3, 0.4) is 0 Å². The van der Waals surface area contributed by atoms with Crippen molar-refractivity contribution in [3.63, 3.8) is 0 Å². The third kappa shape index (κ3) is 10.5. The molecule has 1 aromatic rings. The average Bonchev–Trinajstić information content (AvgIpc) is 2.92. The maximum atomic E-state index is 13.2. The summed E-state index contributed by atoms with van der Waals surface area (Å²) in [4.78, 5) is 35.4. The Morgan fingerprint density at radius 1 is 0.812 bits per heavy atom. The summed E-state index contributed by atoms with van der Waals surface area (Å²) in [5.41, 5.74) is -0.317. The smallest absolute Gasteiger partial charge is 0.443 e. The molecule has 1 aliphatic heterocycles. The Hall–Kier alpha value is -2.84. The zero-order valence-corrected chi connectivity index (χ0v) is 20.3. The number of ether oxygens (including phenoxy) is 4. The van der Waals surface area contributed by atoms with Crippen LogP contribution in [-0.2, 0) is 25.4 Å². The number of carbonyl (C=O) groups is 3. The first kappa shape index (κ1) is 27.2. The van der Waals surface area contributed by atoms with Crippen LogP contribution in [0.4, 0.5) is 24.5 Å². The van der Waals surface area contributed by atoms with Gasteiger partial charge in [-0.1, -0.05) is 6.07 Å². The maximum absolute atomic E-state index is 13.2. The molecule has 0 radical (unpaired) electrons. The van der Waals surface area contributed by atoms with Gasteiger partial charge in [0.25, 0.3) is 0 Å². The Bertz CT molecular complexity index is 806. The summed E-state index contributed by atoms with van der Waals surface area (Å²) in [6.07, 6.45) is -1.79. The van der Waals surface area contributed by atoms with Crippen molar-refractivity contribution < 1.29 is 37.7 Å². The fourth-order valence-electron chi connectivity index (χ4n) is 2.47. The molecule has 32 heavy (non-hydrogen) atoms. The molecule has 0 aromatic heterocycles. The van der Waals surface area contributed by atoms with E-state index in [0.29, 0.717) is 12.2 Å². The lowest BCUT2D eigenvalue weighted by atomic mass is 10.2. The van der Waals surface area contributed by atoms with Gasteiger partial charge in [-0.15, -0.1) is 0 Å². The molecule has 1 amide bonds. The first-order chi connectivity index (χ1) is 14.4. The average molecular weight is 456 g/mol. The number of rotatable bonds is 0. The minimum absolute atomic E-state index is 0.334. The van der Waals surface area contributed by atoms with E-state index in [0.717, 1.165) is 12.0 Å². The van der Waals surface area contributed by atoms with Crippen molar-refractivity contribution >= 4 is 24.1 Å². The molecule has 0 aliphatic carbocycles. The highest BCUT2D eigenvalue weighted by Crippen LogP contribution is 2.30. The van der Waals surface area contributed by atoms with E-state index >= 15 is 0 Å². The Morgan fingerprint density at radius 2 is 1.28 bits per heavy atom. The fourth-order valence-corrected chi connectivity index (χ4v) is 2.47. The van der Waals surface area contributed by atoms with Crippen LogP contribution in [0.15, 0.2) is 18.2 Å². The molecular formula is C23H34FNO7. The number of anilines is 1. The summed E-state index contributed by atoms with van der Waals surface area (Å²) in [5, 5.41) is 0. The maximum Gasteiger partial charge on any atom is 0.519 e. The van der Waals surface area contributed by atoms with Crippen molar-refractivity contribution in [3.8, 4) is 0 Å². The van der Waals surface area contributed by atoms with Gasteiger partial charge in [-0.3, -0.25) is 4.90 Å². The first-order valence-corrected chi connectivity index (χ1v) is 10.3. The molecule has 0 bridgehead atoms. The number of halogens is 1. The Balaban J connectivity index is 0.000000324. The van der Waals surface area contributed by atoms with Crippen LogP contribution in [0.2, 0.25) is 0 Å². The second kappa shape index (κ2) is 10.2. The van der Waals surface area contributed by atoms with Crippen LogP contribution in [0, 0.1) is 5.82 Å². The Labute approximate surface area is 188 Å². The molecular weight excluding hydrogens is 421 g/mol. The molecule has 1 aliphatic rings. The molecule has 2 rings (SSSR count). The molecule has 0 unspecified atom stereocenters. The zero-order valence-electron chi connectivity index (χ0n) is 20.3. The molecule has 1 heterocycles. The van der Waals surface area contributed by atoms with E-state index in [2.05, 4.69) is 4.74 Å². The van der Waals surface area contributed by atoms with Crippen molar-refractivity contribution in [2.24, 2.45) is 0 Å². The predicted octanol–water partition coefficient (Wildman–Crippen LogP) is 6.00. The number of hydrogen-bond donors (Lipinski definition) is 0. The number of amides is 1.